The zero-order valence-electron chi connectivity index (χ0n) is 11.4. The summed E-state index contributed by atoms with van der Waals surface area (Å²) in [5.41, 5.74) is 8.16. The van der Waals surface area contributed by atoms with E-state index in [2.05, 4.69) is 10.2 Å². The molecular weight excluding hydrogens is 246 g/mol. The van der Waals surface area contributed by atoms with Gasteiger partial charge in [-0.1, -0.05) is 0 Å². The van der Waals surface area contributed by atoms with Crippen LogP contribution in [-0.4, -0.2) is 31.5 Å². The first-order chi connectivity index (χ1) is 9.12. The second-order valence-electron chi connectivity index (χ2n) is 4.02. The van der Waals surface area contributed by atoms with Crippen LogP contribution in [-0.2, 0) is 0 Å². The number of nitrogen functional groups attached to an aromatic ring is 1. The lowest BCUT2D eigenvalue weighted by molar-refractivity contribution is 0.377. The van der Waals surface area contributed by atoms with Gasteiger partial charge in [-0.05, 0) is 6.92 Å². The van der Waals surface area contributed by atoms with Gasteiger partial charge >= 0.3 is 0 Å². The molecule has 0 amide bonds. The molecule has 0 fully saturated rings. The van der Waals surface area contributed by atoms with E-state index in [1.807, 2.05) is 6.92 Å². The first-order valence-corrected chi connectivity index (χ1v) is 5.73. The Balaban J connectivity index is 2.70. The summed E-state index contributed by atoms with van der Waals surface area (Å²) in [6.07, 6.45) is 0. The number of hydrogen-bond donors (Lipinski definition) is 2. The fourth-order valence-corrected chi connectivity index (χ4v) is 1.91. The minimum atomic E-state index is 0.454. The normalized spacial score (nSPS) is 10.3. The number of benzene rings is 1. The number of ether oxygens (including phenoxy) is 3. The van der Waals surface area contributed by atoms with Gasteiger partial charge in [0.1, 0.15) is 23.1 Å². The number of methoxy groups -OCH3 is 3. The highest BCUT2D eigenvalue weighted by Crippen LogP contribution is 2.42. The first kappa shape index (κ1) is 13.1. The van der Waals surface area contributed by atoms with E-state index in [0.29, 0.717) is 23.1 Å². The summed E-state index contributed by atoms with van der Waals surface area (Å²) in [6, 6.07) is 3.57. The van der Waals surface area contributed by atoms with Crippen molar-refractivity contribution in [3.8, 4) is 28.5 Å². The van der Waals surface area contributed by atoms with Crippen LogP contribution >= 0.6 is 0 Å². The van der Waals surface area contributed by atoms with Crippen LogP contribution in [0.5, 0.6) is 17.2 Å². The number of nitrogens with two attached hydrogens (primary N) is 1. The molecule has 102 valence electrons. The van der Waals surface area contributed by atoms with E-state index in [0.717, 1.165) is 16.8 Å². The average molecular weight is 263 g/mol. The fraction of sp³-hybridized carbons (Fsp3) is 0.308. The molecule has 0 aliphatic carbocycles. The molecule has 1 aromatic carbocycles. The Bertz CT molecular complexity index is 568. The molecule has 0 bridgehead atoms. The molecule has 2 rings (SSSR count). The molecule has 6 nitrogen and oxygen atoms in total. The van der Waals surface area contributed by atoms with E-state index >= 15 is 0 Å². The van der Waals surface area contributed by atoms with Crippen molar-refractivity contribution in [3.63, 3.8) is 0 Å². The molecule has 0 aliphatic rings. The van der Waals surface area contributed by atoms with E-state index in [1.165, 1.54) is 0 Å². The van der Waals surface area contributed by atoms with Gasteiger partial charge in [-0.2, -0.15) is 5.10 Å². The topological polar surface area (TPSA) is 82.4 Å². The molecule has 0 radical (unpaired) electrons. The highest BCUT2D eigenvalue weighted by atomic mass is 16.5. The summed E-state index contributed by atoms with van der Waals surface area (Å²) in [6.45, 7) is 1.89. The van der Waals surface area contributed by atoms with Crippen LogP contribution in [0, 0.1) is 6.92 Å². The SMILES string of the molecule is COc1cc(OC)c(-c2[nH]nc(N)c2C)c(OC)c1. The summed E-state index contributed by atoms with van der Waals surface area (Å²) in [7, 11) is 4.77. The van der Waals surface area contributed by atoms with Crippen molar-refractivity contribution in [1.82, 2.24) is 10.2 Å². The van der Waals surface area contributed by atoms with E-state index in [-0.39, 0.29) is 0 Å². The van der Waals surface area contributed by atoms with E-state index in [4.69, 9.17) is 19.9 Å². The van der Waals surface area contributed by atoms with E-state index < -0.39 is 0 Å². The smallest absolute Gasteiger partial charge is 0.148 e. The summed E-state index contributed by atoms with van der Waals surface area (Å²) in [4.78, 5) is 0. The van der Waals surface area contributed by atoms with Crippen LogP contribution in [0.3, 0.4) is 0 Å². The van der Waals surface area contributed by atoms with Crippen molar-refractivity contribution in [3.05, 3.63) is 17.7 Å². The van der Waals surface area contributed by atoms with Gasteiger partial charge in [0.05, 0.1) is 32.6 Å². The molecular formula is C13H17N3O3. The number of aromatic amines is 1. The Morgan fingerprint density at radius 3 is 2.00 bits per heavy atom. The third-order valence-electron chi connectivity index (χ3n) is 3.01. The molecule has 0 spiro atoms. The van der Waals surface area contributed by atoms with Gasteiger partial charge in [-0.15, -0.1) is 0 Å². The van der Waals surface area contributed by atoms with E-state index in [1.54, 1.807) is 33.5 Å². The molecule has 1 aromatic heterocycles. The monoisotopic (exact) mass is 263 g/mol. The van der Waals surface area contributed by atoms with Gasteiger partial charge in [0, 0.05) is 17.7 Å². The Morgan fingerprint density at radius 1 is 1.05 bits per heavy atom. The first-order valence-electron chi connectivity index (χ1n) is 5.73. The van der Waals surface area contributed by atoms with Crippen molar-refractivity contribution >= 4 is 5.82 Å². The Morgan fingerprint density at radius 2 is 1.63 bits per heavy atom. The van der Waals surface area contributed by atoms with Crippen molar-refractivity contribution in [2.45, 2.75) is 6.92 Å². The maximum absolute atomic E-state index is 5.77. The summed E-state index contributed by atoms with van der Waals surface area (Å²) >= 11 is 0. The maximum Gasteiger partial charge on any atom is 0.148 e. The predicted octanol–water partition coefficient (Wildman–Crippen LogP) is 1.99. The quantitative estimate of drug-likeness (QED) is 0.881. The number of nitrogens with zero attached hydrogens (tertiary/aromatic N) is 1. The minimum absolute atomic E-state index is 0.454. The molecule has 3 N–H and O–H groups in total. The number of nitrogens with one attached hydrogen (secondary N) is 1. The lowest BCUT2D eigenvalue weighted by Gasteiger charge is -2.14. The highest BCUT2D eigenvalue weighted by molar-refractivity contribution is 5.79. The van der Waals surface area contributed by atoms with Gasteiger partial charge in [0.25, 0.3) is 0 Å². The Kier molecular flexibility index (Phi) is 3.50. The third kappa shape index (κ3) is 2.16. The van der Waals surface area contributed by atoms with Crippen molar-refractivity contribution in [1.29, 1.82) is 0 Å². The molecule has 2 aromatic rings. The molecule has 0 aliphatic heterocycles. The molecule has 19 heavy (non-hydrogen) atoms. The van der Waals surface area contributed by atoms with Gasteiger partial charge < -0.3 is 19.9 Å². The third-order valence-corrected chi connectivity index (χ3v) is 3.01. The van der Waals surface area contributed by atoms with Gasteiger partial charge in [0.2, 0.25) is 0 Å². The number of H-pyrrole nitrogens is 1. The average Bonchev–Trinajstić information content (AvgIpc) is 2.77. The molecule has 0 unspecified atom stereocenters. The van der Waals surface area contributed by atoms with E-state index in [9.17, 15) is 0 Å². The predicted molar refractivity (Wildman–Crippen MR) is 72.8 cm³/mol. The standard InChI is InChI=1S/C13H17N3O3/c1-7-12(15-16-13(7)14)11-9(18-3)5-8(17-2)6-10(11)19-4/h5-6H,1-4H3,(H3,14,15,16). The summed E-state index contributed by atoms with van der Waals surface area (Å²) in [5, 5.41) is 6.90. The lowest BCUT2D eigenvalue weighted by atomic mass is 10.1. The molecule has 0 saturated carbocycles. The zero-order valence-corrected chi connectivity index (χ0v) is 11.4. The largest absolute Gasteiger partial charge is 0.496 e. The molecule has 0 saturated heterocycles. The minimum Gasteiger partial charge on any atom is -0.496 e. The second kappa shape index (κ2) is 5.09. The number of anilines is 1. The van der Waals surface area contributed by atoms with Gasteiger partial charge in [-0.25, -0.2) is 0 Å². The zero-order chi connectivity index (χ0) is 14.0. The van der Waals surface area contributed by atoms with Gasteiger partial charge in [-0.3, -0.25) is 5.10 Å². The molecule has 6 heteroatoms. The Hall–Kier alpha value is -2.37. The van der Waals surface area contributed by atoms with Crippen molar-refractivity contribution < 1.29 is 14.2 Å². The number of hydrogen-bond acceptors (Lipinski definition) is 5. The molecule has 1 heterocycles. The Labute approximate surface area is 111 Å². The van der Waals surface area contributed by atoms with Gasteiger partial charge in [0.15, 0.2) is 0 Å². The van der Waals surface area contributed by atoms with Crippen LogP contribution in [0.4, 0.5) is 5.82 Å². The van der Waals surface area contributed by atoms with Crippen LogP contribution in [0.25, 0.3) is 11.3 Å². The summed E-state index contributed by atoms with van der Waals surface area (Å²) in [5.74, 6) is 2.36. The summed E-state index contributed by atoms with van der Waals surface area (Å²) < 4.78 is 16.0. The van der Waals surface area contributed by atoms with Crippen molar-refractivity contribution in [2.24, 2.45) is 0 Å². The van der Waals surface area contributed by atoms with Crippen LogP contribution < -0.4 is 19.9 Å². The van der Waals surface area contributed by atoms with Crippen molar-refractivity contribution in [2.75, 3.05) is 27.1 Å². The van der Waals surface area contributed by atoms with Crippen LogP contribution in [0.15, 0.2) is 12.1 Å². The number of aromatic nitrogens is 2. The number of rotatable bonds is 4. The lowest BCUT2D eigenvalue weighted by Crippen LogP contribution is -1.96. The van der Waals surface area contributed by atoms with Crippen LogP contribution in [0.2, 0.25) is 0 Å². The van der Waals surface area contributed by atoms with Crippen LogP contribution in [0.1, 0.15) is 5.56 Å². The highest BCUT2D eigenvalue weighted by Gasteiger charge is 2.19. The molecule has 0 atom stereocenters. The maximum atomic E-state index is 5.77. The fourth-order valence-electron chi connectivity index (χ4n) is 1.91. The second-order valence-corrected chi connectivity index (χ2v) is 4.02.